The zero-order valence-electron chi connectivity index (χ0n) is 11.1. The summed E-state index contributed by atoms with van der Waals surface area (Å²) in [6, 6.07) is 0. The van der Waals surface area contributed by atoms with Gasteiger partial charge < -0.3 is 15.0 Å². The number of hydrogen-bond acceptors (Lipinski definition) is 3. The Labute approximate surface area is 109 Å². The molecule has 0 bridgehead atoms. The van der Waals surface area contributed by atoms with Crippen molar-refractivity contribution in [3.63, 3.8) is 0 Å². The summed E-state index contributed by atoms with van der Waals surface area (Å²) in [5, 5.41) is 3.43. The molecule has 18 heavy (non-hydrogen) atoms. The molecule has 3 rings (SSSR count). The Hall–Kier alpha value is -0.610. The van der Waals surface area contributed by atoms with Crippen molar-refractivity contribution in [3.05, 3.63) is 0 Å². The number of carbonyl (C=O) groups excluding carboxylic acids is 1. The van der Waals surface area contributed by atoms with Gasteiger partial charge in [-0.2, -0.15) is 0 Å². The van der Waals surface area contributed by atoms with Crippen LogP contribution < -0.4 is 5.32 Å². The number of carbonyl (C=O) groups is 1. The first-order chi connectivity index (χ1) is 8.79. The molecule has 1 spiro atoms. The second-order valence-electron chi connectivity index (χ2n) is 6.08. The summed E-state index contributed by atoms with van der Waals surface area (Å²) in [5.74, 6) is 0.247. The summed E-state index contributed by atoms with van der Waals surface area (Å²) < 4.78 is 5.50. The van der Waals surface area contributed by atoms with Crippen molar-refractivity contribution in [2.45, 2.75) is 44.6 Å². The van der Waals surface area contributed by atoms with Crippen LogP contribution in [0.1, 0.15) is 38.5 Å². The Morgan fingerprint density at radius 1 is 1.17 bits per heavy atom. The lowest BCUT2D eigenvalue weighted by atomic mass is 9.71. The van der Waals surface area contributed by atoms with E-state index in [0.29, 0.717) is 5.41 Å². The van der Waals surface area contributed by atoms with Gasteiger partial charge in [-0.3, -0.25) is 4.79 Å². The molecule has 102 valence electrons. The number of nitrogens with zero attached hydrogens (tertiary/aromatic N) is 1. The van der Waals surface area contributed by atoms with Crippen molar-refractivity contribution in [2.75, 3.05) is 32.8 Å². The molecule has 1 unspecified atom stereocenters. The molecule has 3 fully saturated rings. The molecule has 0 radical (unpaired) electrons. The lowest BCUT2D eigenvalue weighted by Gasteiger charge is -2.44. The summed E-state index contributed by atoms with van der Waals surface area (Å²) in [6.45, 7) is 4.95. The number of hydrogen-bond donors (Lipinski definition) is 1. The molecule has 0 aromatic carbocycles. The average molecular weight is 252 g/mol. The highest BCUT2D eigenvalue weighted by molar-refractivity contribution is 5.81. The summed E-state index contributed by atoms with van der Waals surface area (Å²) in [7, 11) is 0. The van der Waals surface area contributed by atoms with E-state index in [0.717, 1.165) is 45.6 Å². The zero-order chi connectivity index (χ0) is 12.4. The van der Waals surface area contributed by atoms with Gasteiger partial charge in [0.15, 0.2) is 0 Å². The van der Waals surface area contributed by atoms with Crippen molar-refractivity contribution in [3.8, 4) is 0 Å². The molecule has 0 aliphatic carbocycles. The van der Waals surface area contributed by atoms with E-state index in [4.69, 9.17) is 4.74 Å². The van der Waals surface area contributed by atoms with Gasteiger partial charge in [0.1, 0.15) is 6.10 Å². The van der Waals surface area contributed by atoms with E-state index in [9.17, 15) is 4.79 Å². The Morgan fingerprint density at radius 3 is 2.50 bits per heavy atom. The second-order valence-corrected chi connectivity index (χ2v) is 6.08. The fourth-order valence-electron chi connectivity index (χ4n) is 3.63. The van der Waals surface area contributed by atoms with Crippen molar-refractivity contribution < 1.29 is 9.53 Å². The van der Waals surface area contributed by atoms with Gasteiger partial charge in [-0.15, -0.1) is 0 Å². The number of rotatable bonds is 1. The van der Waals surface area contributed by atoms with Crippen LogP contribution in [0.5, 0.6) is 0 Å². The first kappa shape index (κ1) is 12.4. The minimum absolute atomic E-state index is 0.132. The largest absolute Gasteiger partial charge is 0.368 e. The molecule has 0 saturated carbocycles. The number of amides is 1. The fourth-order valence-corrected chi connectivity index (χ4v) is 3.63. The fraction of sp³-hybridized carbons (Fsp3) is 0.929. The van der Waals surface area contributed by atoms with Gasteiger partial charge in [-0.1, -0.05) is 0 Å². The predicted molar refractivity (Wildman–Crippen MR) is 69.3 cm³/mol. The van der Waals surface area contributed by atoms with Crippen LogP contribution in [0.25, 0.3) is 0 Å². The molecule has 0 aromatic heterocycles. The van der Waals surface area contributed by atoms with Crippen molar-refractivity contribution >= 4 is 5.91 Å². The van der Waals surface area contributed by atoms with E-state index in [2.05, 4.69) is 5.32 Å². The van der Waals surface area contributed by atoms with Crippen LogP contribution in [0.3, 0.4) is 0 Å². The van der Waals surface area contributed by atoms with E-state index in [1.54, 1.807) is 0 Å². The maximum atomic E-state index is 12.3. The third kappa shape index (κ3) is 2.41. The Balaban J connectivity index is 1.54. The van der Waals surface area contributed by atoms with E-state index < -0.39 is 0 Å². The van der Waals surface area contributed by atoms with E-state index in [-0.39, 0.29) is 12.0 Å². The van der Waals surface area contributed by atoms with Gasteiger partial charge in [0.25, 0.3) is 5.91 Å². The molecule has 1 N–H and O–H groups in total. The Morgan fingerprint density at radius 2 is 1.89 bits per heavy atom. The third-order valence-electron chi connectivity index (χ3n) is 5.01. The highest BCUT2D eigenvalue weighted by Gasteiger charge is 2.38. The molecule has 1 amide bonds. The SMILES string of the molecule is O=C(C1CCCO1)N1CCC2(CCNCC2)CC1. The molecule has 3 aliphatic heterocycles. The van der Waals surface area contributed by atoms with Gasteiger partial charge in [-0.05, 0) is 57.0 Å². The molecular weight excluding hydrogens is 228 g/mol. The summed E-state index contributed by atoms with van der Waals surface area (Å²) in [4.78, 5) is 14.3. The van der Waals surface area contributed by atoms with Crippen LogP contribution in [0.15, 0.2) is 0 Å². The second kappa shape index (κ2) is 5.17. The maximum absolute atomic E-state index is 12.3. The molecular formula is C14H24N2O2. The summed E-state index contributed by atoms with van der Waals surface area (Å²) in [5.41, 5.74) is 0.526. The number of ether oxygens (including phenoxy) is 1. The van der Waals surface area contributed by atoms with E-state index >= 15 is 0 Å². The Bertz CT molecular complexity index is 297. The molecule has 3 saturated heterocycles. The van der Waals surface area contributed by atoms with Crippen molar-refractivity contribution in [1.29, 1.82) is 0 Å². The topological polar surface area (TPSA) is 41.6 Å². The first-order valence-corrected chi connectivity index (χ1v) is 7.40. The lowest BCUT2D eigenvalue weighted by molar-refractivity contribution is -0.143. The third-order valence-corrected chi connectivity index (χ3v) is 5.01. The number of piperidine rings is 2. The standard InChI is InChI=1S/C14H24N2O2/c17-13(12-2-1-11-18-12)16-9-5-14(6-10-16)3-7-15-8-4-14/h12,15H,1-11H2. The van der Waals surface area contributed by atoms with Crippen molar-refractivity contribution in [2.24, 2.45) is 5.41 Å². The van der Waals surface area contributed by atoms with E-state index in [1.807, 2.05) is 4.90 Å². The smallest absolute Gasteiger partial charge is 0.251 e. The molecule has 4 heteroatoms. The molecule has 4 nitrogen and oxygen atoms in total. The zero-order valence-corrected chi connectivity index (χ0v) is 11.1. The monoisotopic (exact) mass is 252 g/mol. The van der Waals surface area contributed by atoms with Crippen LogP contribution in [0, 0.1) is 5.41 Å². The Kier molecular flexibility index (Phi) is 3.57. The molecule has 3 heterocycles. The van der Waals surface area contributed by atoms with Crippen molar-refractivity contribution in [1.82, 2.24) is 10.2 Å². The first-order valence-electron chi connectivity index (χ1n) is 7.40. The maximum Gasteiger partial charge on any atom is 0.251 e. The lowest BCUT2D eigenvalue weighted by Crippen LogP contribution is -2.49. The van der Waals surface area contributed by atoms with Crippen LogP contribution in [0.4, 0.5) is 0 Å². The average Bonchev–Trinajstić information content (AvgIpc) is 2.94. The highest BCUT2D eigenvalue weighted by Crippen LogP contribution is 2.39. The van der Waals surface area contributed by atoms with Crippen LogP contribution >= 0.6 is 0 Å². The van der Waals surface area contributed by atoms with Crippen LogP contribution in [-0.2, 0) is 9.53 Å². The summed E-state index contributed by atoms with van der Waals surface area (Å²) >= 11 is 0. The minimum Gasteiger partial charge on any atom is -0.368 e. The molecule has 3 aliphatic rings. The van der Waals surface area contributed by atoms with Gasteiger partial charge in [0.2, 0.25) is 0 Å². The van der Waals surface area contributed by atoms with Gasteiger partial charge >= 0.3 is 0 Å². The van der Waals surface area contributed by atoms with E-state index in [1.165, 1.54) is 25.7 Å². The van der Waals surface area contributed by atoms with Crippen LogP contribution in [-0.4, -0.2) is 49.7 Å². The number of likely N-dealkylation sites (tertiary alicyclic amines) is 1. The minimum atomic E-state index is -0.132. The predicted octanol–water partition coefficient (Wildman–Crippen LogP) is 1.16. The van der Waals surface area contributed by atoms with Crippen LogP contribution in [0.2, 0.25) is 0 Å². The molecule has 1 atom stereocenters. The summed E-state index contributed by atoms with van der Waals surface area (Å²) in [6.07, 6.45) is 6.78. The normalized spacial score (nSPS) is 31.8. The van der Waals surface area contributed by atoms with Gasteiger partial charge in [0, 0.05) is 19.7 Å². The van der Waals surface area contributed by atoms with Gasteiger partial charge in [-0.25, -0.2) is 0 Å². The van der Waals surface area contributed by atoms with Gasteiger partial charge in [0.05, 0.1) is 0 Å². The highest BCUT2D eigenvalue weighted by atomic mass is 16.5. The molecule has 0 aromatic rings. The number of nitrogens with one attached hydrogen (secondary N) is 1. The quantitative estimate of drug-likeness (QED) is 0.761.